The van der Waals surface area contributed by atoms with E-state index in [2.05, 4.69) is 4.72 Å². The summed E-state index contributed by atoms with van der Waals surface area (Å²) in [5.41, 5.74) is 2.71. The molecule has 0 bridgehead atoms. The van der Waals surface area contributed by atoms with Crippen LogP contribution in [-0.2, 0) is 19.9 Å². The van der Waals surface area contributed by atoms with Gasteiger partial charge in [0, 0.05) is 23.4 Å². The Hall–Kier alpha value is -2.97. The van der Waals surface area contributed by atoms with Crippen molar-refractivity contribution in [3.8, 4) is 11.1 Å². The van der Waals surface area contributed by atoms with Gasteiger partial charge in [0.15, 0.2) is 9.84 Å². The van der Waals surface area contributed by atoms with Crippen LogP contribution >= 0.6 is 0 Å². The first-order chi connectivity index (χ1) is 16.1. The van der Waals surface area contributed by atoms with E-state index in [1.807, 2.05) is 18.2 Å². The molecule has 1 atom stereocenters. The van der Waals surface area contributed by atoms with E-state index in [1.165, 1.54) is 18.4 Å². The number of sulfone groups is 1. The molecular weight excluding hydrogens is 473 g/mol. The van der Waals surface area contributed by atoms with Crippen LogP contribution in [0.3, 0.4) is 0 Å². The molecule has 0 aromatic heterocycles. The number of allylic oxidation sites excluding steroid dienone is 2. The van der Waals surface area contributed by atoms with E-state index >= 15 is 0 Å². The minimum atomic E-state index is -3.88. The summed E-state index contributed by atoms with van der Waals surface area (Å²) in [6, 6.07) is 19.3. The van der Waals surface area contributed by atoms with Crippen molar-refractivity contribution in [1.82, 2.24) is 4.72 Å². The van der Waals surface area contributed by atoms with Crippen LogP contribution in [0.1, 0.15) is 30.7 Å². The Balaban J connectivity index is 1.44. The third-order valence-electron chi connectivity index (χ3n) is 6.73. The van der Waals surface area contributed by atoms with Gasteiger partial charge in [-0.2, -0.15) is 0 Å². The molecule has 1 N–H and O–H groups in total. The summed E-state index contributed by atoms with van der Waals surface area (Å²) in [4.78, 5) is 0.398. The highest BCUT2D eigenvalue weighted by atomic mass is 32.2. The van der Waals surface area contributed by atoms with Gasteiger partial charge in [0.2, 0.25) is 0 Å². The van der Waals surface area contributed by atoms with Crippen LogP contribution in [0.25, 0.3) is 11.1 Å². The normalized spacial score (nSPS) is 19.1. The van der Waals surface area contributed by atoms with Crippen molar-refractivity contribution in [3.05, 3.63) is 96.0 Å². The predicted octanol–water partition coefficient (Wildman–Crippen LogP) is 5.03. The fraction of sp³-hybridized carbons (Fsp3) is 0.231. The minimum absolute atomic E-state index is 0.0196. The number of sulfonamides is 1. The number of hydrogen-bond donors (Lipinski definition) is 1. The smallest absolute Gasteiger partial charge is 0.262 e. The molecule has 1 saturated carbocycles. The van der Waals surface area contributed by atoms with Crippen molar-refractivity contribution < 1.29 is 21.2 Å². The molecule has 176 valence electrons. The highest BCUT2D eigenvalue weighted by molar-refractivity contribution is 7.90. The van der Waals surface area contributed by atoms with E-state index in [0.29, 0.717) is 23.2 Å². The SMILES string of the molecule is CS(=O)(=O)c1ccc(C2C=C(NS(=O)(=O)c3ccccc3-c3ccc(F)cc3)CC23CC3)cc1. The molecule has 0 heterocycles. The van der Waals surface area contributed by atoms with Crippen LogP contribution in [-0.4, -0.2) is 23.1 Å². The van der Waals surface area contributed by atoms with Crippen molar-refractivity contribution in [3.63, 3.8) is 0 Å². The van der Waals surface area contributed by atoms with Crippen LogP contribution in [0, 0.1) is 11.2 Å². The van der Waals surface area contributed by atoms with Crippen LogP contribution in [0.5, 0.6) is 0 Å². The first-order valence-electron chi connectivity index (χ1n) is 11.0. The lowest BCUT2D eigenvalue weighted by Crippen LogP contribution is -2.23. The molecule has 0 saturated heterocycles. The molecule has 0 amide bonds. The van der Waals surface area contributed by atoms with Gasteiger partial charge >= 0.3 is 0 Å². The van der Waals surface area contributed by atoms with E-state index < -0.39 is 19.9 Å². The number of hydrogen-bond acceptors (Lipinski definition) is 4. The maximum Gasteiger partial charge on any atom is 0.262 e. The first kappa shape index (κ1) is 22.8. The van der Waals surface area contributed by atoms with Gasteiger partial charge in [-0.15, -0.1) is 0 Å². The largest absolute Gasteiger partial charge is 0.284 e. The fourth-order valence-corrected chi connectivity index (χ4v) is 6.77. The van der Waals surface area contributed by atoms with Gasteiger partial charge in [-0.05, 0) is 66.1 Å². The first-order valence-corrected chi connectivity index (χ1v) is 14.3. The lowest BCUT2D eigenvalue weighted by atomic mass is 9.86. The fourth-order valence-electron chi connectivity index (χ4n) is 4.81. The zero-order chi connectivity index (χ0) is 24.1. The molecule has 5 nitrogen and oxygen atoms in total. The van der Waals surface area contributed by atoms with Crippen LogP contribution in [0.4, 0.5) is 4.39 Å². The molecule has 0 aliphatic heterocycles. The Labute approximate surface area is 199 Å². The van der Waals surface area contributed by atoms with E-state index in [-0.39, 0.29) is 26.9 Å². The van der Waals surface area contributed by atoms with E-state index in [9.17, 15) is 21.2 Å². The quantitative estimate of drug-likeness (QED) is 0.518. The zero-order valence-electron chi connectivity index (χ0n) is 18.5. The molecular formula is C26H24FNO4S2. The molecule has 2 aliphatic carbocycles. The summed E-state index contributed by atoms with van der Waals surface area (Å²) in [6.45, 7) is 0. The van der Waals surface area contributed by atoms with Crippen molar-refractivity contribution in [1.29, 1.82) is 0 Å². The second-order valence-corrected chi connectivity index (χ2v) is 12.8. The van der Waals surface area contributed by atoms with Crippen molar-refractivity contribution in [2.24, 2.45) is 5.41 Å². The lowest BCUT2D eigenvalue weighted by molar-refractivity contribution is 0.483. The summed E-state index contributed by atoms with van der Waals surface area (Å²) in [6.07, 6.45) is 5.72. The average Bonchev–Trinajstić information content (AvgIpc) is 3.48. The van der Waals surface area contributed by atoms with Gasteiger partial charge < -0.3 is 0 Å². The molecule has 3 aromatic rings. The number of benzene rings is 3. The van der Waals surface area contributed by atoms with Gasteiger partial charge in [0.25, 0.3) is 10.0 Å². The Morgan fingerprint density at radius 1 is 0.882 bits per heavy atom. The van der Waals surface area contributed by atoms with E-state index in [1.54, 1.807) is 48.5 Å². The van der Waals surface area contributed by atoms with E-state index in [4.69, 9.17) is 0 Å². The predicted molar refractivity (Wildman–Crippen MR) is 129 cm³/mol. The highest BCUT2D eigenvalue weighted by Gasteiger charge is 2.53. The Morgan fingerprint density at radius 3 is 2.15 bits per heavy atom. The monoisotopic (exact) mass is 497 g/mol. The van der Waals surface area contributed by atoms with Crippen LogP contribution in [0.2, 0.25) is 0 Å². The van der Waals surface area contributed by atoms with Gasteiger partial charge in [0.05, 0.1) is 9.79 Å². The number of rotatable bonds is 6. The third-order valence-corrected chi connectivity index (χ3v) is 9.32. The summed E-state index contributed by atoms with van der Waals surface area (Å²) in [7, 11) is -7.16. The average molecular weight is 498 g/mol. The summed E-state index contributed by atoms with van der Waals surface area (Å²) >= 11 is 0. The molecule has 1 spiro atoms. The zero-order valence-corrected chi connectivity index (χ0v) is 20.2. The molecule has 3 aromatic carbocycles. The van der Waals surface area contributed by atoms with Crippen LogP contribution in [0.15, 0.2) is 94.4 Å². The van der Waals surface area contributed by atoms with Crippen molar-refractivity contribution >= 4 is 19.9 Å². The van der Waals surface area contributed by atoms with Gasteiger partial charge in [-0.1, -0.05) is 48.5 Å². The topological polar surface area (TPSA) is 80.3 Å². The summed E-state index contributed by atoms with van der Waals surface area (Å²) < 4.78 is 66.5. The lowest BCUT2D eigenvalue weighted by Gasteiger charge is -2.18. The maximum absolute atomic E-state index is 13.4. The number of nitrogens with one attached hydrogen (secondary N) is 1. The van der Waals surface area contributed by atoms with Gasteiger partial charge in [-0.3, -0.25) is 4.72 Å². The minimum Gasteiger partial charge on any atom is -0.284 e. The molecule has 1 unspecified atom stereocenters. The Kier molecular flexibility index (Phi) is 5.41. The maximum atomic E-state index is 13.4. The van der Waals surface area contributed by atoms with Crippen molar-refractivity contribution in [2.45, 2.75) is 35.0 Å². The standard InChI is InChI=1S/C26H24FNO4S2/c1-33(29,30)22-12-8-19(9-13-22)24-16-21(17-26(24)14-15-26)28-34(31,32)25-5-3-2-4-23(25)18-6-10-20(27)11-7-18/h2-13,16,24,28H,14-15,17H2,1H3. The molecule has 8 heteroatoms. The highest BCUT2D eigenvalue weighted by Crippen LogP contribution is 2.63. The molecule has 0 radical (unpaired) electrons. The molecule has 1 fully saturated rings. The Morgan fingerprint density at radius 2 is 1.53 bits per heavy atom. The van der Waals surface area contributed by atoms with Gasteiger partial charge in [0.1, 0.15) is 5.82 Å². The molecule has 2 aliphatic rings. The summed E-state index contributed by atoms with van der Waals surface area (Å²) in [5, 5.41) is 0. The third kappa shape index (κ3) is 4.28. The van der Waals surface area contributed by atoms with Crippen molar-refractivity contribution in [2.75, 3.05) is 6.26 Å². The second-order valence-electron chi connectivity index (χ2n) is 9.16. The Bertz CT molecular complexity index is 1490. The van der Waals surface area contributed by atoms with Crippen LogP contribution < -0.4 is 4.72 Å². The number of halogens is 1. The summed E-state index contributed by atoms with van der Waals surface area (Å²) in [5.74, 6) is -0.366. The molecule has 5 rings (SSSR count). The second kappa shape index (κ2) is 8.06. The molecule has 34 heavy (non-hydrogen) atoms. The van der Waals surface area contributed by atoms with E-state index in [0.717, 1.165) is 18.4 Å². The van der Waals surface area contributed by atoms with Gasteiger partial charge in [-0.25, -0.2) is 21.2 Å².